The normalized spacial score (nSPS) is 11.2. The van der Waals surface area contributed by atoms with Gasteiger partial charge in [0.05, 0.1) is 5.60 Å². The Morgan fingerprint density at radius 1 is 1.33 bits per heavy atom. The van der Waals surface area contributed by atoms with Crippen molar-refractivity contribution in [2.45, 2.75) is 52.6 Å². The fraction of sp³-hybridized carbons (Fsp3) is 0.818. The second kappa shape index (κ2) is 6.56. The lowest BCUT2D eigenvalue weighted by atomic mass is 10.1. The SMILES string of the molecule is CCC(C)(C)OCCCC(=O)NC(C)=O. The molecule has 15 heavy (non-hydrogen) atoms. The highest BCUT2D eigenvalue weighted by Gasteiger charge is 2.14. The van der Waals surface area contributed by atoms with Gasteiger partial charge in [0.25, 0.3) is 0 Å². The molecule has 1 N–H and O–H groups in total. The molecule has 0 aromatic carbocycles. The molecule has 4 heteroatoms. The monoisotopic (exact) mass is 215 g/mol. The van der Waals surface area contributed by atoms with Crippen LogP contribution in [0.5, 0.6) is 0 Å². The second-order valence-electron chi connectivity index (χ2n) is 4.17. The van der Waals surface area contributed by atoms with Crippen LogP contribution in [0.4, 0.5) is 0 Å². The third kappa shape index (κ3) is 8.12. The summed E-state index contributed by atoms with van der Waals surface area (Å²) < 4.78 is 5.57. The van der Waals surface area contributed by atoms with E-state index < -0.39 is 0 Å². The maximum Gasteiger partial charge on any atom is 0.226 e. The number of ether oxygens (including phenoxy) is 1. The maximum atomic E-state index is 11.1. The van der Waals surface area contributed by atoms with Crippen molar-refractivity contribution >= 4 is 11.8 Å². The molecule has 0 atom stereocenters. The van der Waals surface area contributed by atoms with Crippen molar-refractivity contribution in [1.29, 1.82) is 0 Å². The van der Waals surface area contributed by atoms with E-state index in [4.69, 9.17) is 4.74 Å². The number of carbonyl (C=O) groups excluding carboxylic acids is 2. The van der Waals surface area contributed by atoms with Crippen LogP contribution < -0.4 is 5.32 Å². The summed E-state index contributed by atoms with van der Waals surface area (Å²) in [7, 11) is 0. The largest absolute Gasteiger partial charge is 0.376 e. The summed E-state index contributed by atoms with van der Waals surface area (Å²) in [6, 6.07) is 0. The standard InChI is InChI=1S/C11H21NO3/c1-5-11(3,4)15-8-6-7-10(14)12-9(2)13/h5-8H2,1-4H3,(H,12,13,14). The van der Waals surface area contributed by atoms with Gasteiger partial charge in [-0.3, -0.25) is 14.9 Å². The zero-order valence-corrected chi connectivity index (χ0v) is 10.1. The number of nitrogens with one attached hydrogen (secondary N) is 1. The summed E-state index contributed by atoms with van der Waals surface area (Å²) in [5, 5.41) is 2.22. The van der Waals surface area contributed by atoms with Crippen molar-refractivity contribution in [3.63, 3.8) is 0 Å². The lowest BCUT2D eigenvalue weighted by Crippen LogP contribution is -2.28. The minimum Gasteiger partial charge on any atom is -0.376 e. The first-order chi connectivity index (χ1) is 6.87. The van der Waals surface area contributed by atoms with Crippen molar-refractivity contribution in [1.82, 2.24) is 5.32 Å². The van der Waals surface area contributed by atoms with Gasteiger partial charge in [-0.2, -0.15) is 0 Å². The van der Waals surface area contributed by atoms with E-state index in [0.29, 0.717) is 19.4 Å². The van der Waals surface area contributed by atoms with Gasteiger partial charge in [0.15, 0.2) is 0 Å². The summed E-state index contributed by atoms with van der Waals surface area (Å²) in [6.45, 7) is 7.97. The molecule has 0 saturated heterocycles. The van der Waals surface area contributed by atoms with Gasteiger partial charge in [0, 0.05) is 20.0 Å². The third-order valence-corrected chi connectivity index (χ3v) is 2.21. The van der Waals surface area contributed by atoms with Crippen molar-refractivity contribution in [3.8, 4) is 0 Å². The van der Waals surface area contributed by atoms with Crippen molar-refractivity contribution in [2.24, 2.45) is 0 Å². The van der Waals surface area contributed by atoms with Gasteiger partial charge in [-0.25, -0.2) is 0 Å². The van der Waals surface area contributed by atoms with Crippen molar-refractivity contribution in [2.75, 3.05) is 6.61 Å². The zero-order chi connectivity index (χ0) is 11.9. The van der Waals surface area contributed by atoms with Gasteiger partial charge < -0.3 is 4.74 Å². The van der Waals surface area contributed by atoms with E-state index in [1.54, 1.807) is 0 Å². The number of rotatable bonds is 6. The van der Waals surface area contributed by atoms with E-state index in [-0.39, 0.29) is 17.4 Å². The quantitative estimate of drug-likeness (QED) is 0.685. The molecule has 0 aliphatic heterocycles. The van der Waals surface area contributed by atoms with E-state index in [0.717, 1.165) is 6.42 Å². The predicted octanol–water partition coefficient (Wildman–Crippen LogP) is 1.63. The summed E-state index contributed by atoms with van der Waals surface area (Å²) >= 11 is 0. The summed E-state index contributed by atoms with van der Waals surface area (Å²) in [5.41, 5.74) is -0.128. The van der Waals surface area contributed by atoms with Gasteiger partial charge in [-0.15, -0.1) is 0 Å². The molecule has 0 aliphatic rings. The molecular weight excluding hydrogens is 194 g/mol. The molecule has 4 nitrogen and oxygen atoms in total. The Morgan fingerprint density at radius 3 is 2.40 bits per heavy atom. The lowest BCUT2D eigenvalue weighted by Gasteiger charge is -2.23. The molecule has 0 spiro atoms. The van der Waals surface area contributed by atoms with Crippen molar-refractivity contribution < 1.29 is 14.3 Å². The average Bonchev–Trinajstić information content (AvgIpc) is 2.11. The molecule has 0 unspecified atom stereocenters. The smallest absolute Gasteiger partial charge is 0.226 e. The zero-order valence-electron chi connectivity index (χ0n) is 10.1. The number of carbonyl (C=O) groups is 2. The van der Waals surface area contributed by atoms with Gasteiger partial charge in [-0.1, -0.05) is 6.92 Å². The molecule has 0 radical (unpaired) electrons. The molecule has 0 fully saturated rings. The predicted molar refractivity (Wildman–Crippen MR) is 58.4 cm³/mol. The Balaban J connectivity index is 3.55. The Kier molecular flexibility index (Phi) is 6.17. The average molecular weight is 215 g/mol. The molecule has 88 valence electrons. The van der Waals surface area contributed by atoms with Crippen LogP contribution in [-0.2, 0) is 14.3 Å². The first-order valence-corrected chi connectivity index (χ1v) is 5.32. The highest BCUT2D eigenvalue weighted by Crippen LogP contribution is 2.13. The van der Waals surface area contributed by atoms with E-state index in [1.807, 2.05) is 13.8 Å². The van der Waals surface area contributed by atoms with Crippen LogP contribution in [0.2, 0.25) is 0 Å². The molecule has 0 rings (SSSR count). The highest BCUT2D eigenvalue weighted by molar-refractivity contribution is 5.93. The summed E-state index contributed by atoms with van der Waals surface area (Å²) in [6.07, 6.45) is 1.91. The fourth-order valence-electron chi connectivity index (χ4n) is 0.942. The molecule has 0 bridgehead atoms. The second-order valence-corrected chi connectivity index (χ2v) is 4.17. The van der Waals surface area contributed by atoms with E-state index in [9.17, 15) is 9.59 Å². The number of hydrogen-bond acceptors (Lipinski definition) is 3. The molecule has 0 aromatic rings. The molecule has 0 heterocycles. The summed E-state index contributed by atoms with van der Waals surface area (Å²) in [5.74, 6) is -0.546. The van der Waals surface area contributed by atoms with Crippen LogP contribution in [0.15, 0.2) is 0 Å². The Bertz CT molecular complexity index is 224. The topological polar surface area (TPSA) is 55.4 Å². The van der Waals surface area contributed by atoms with E-state index in [1.165, 1.54) is 6.92 Å². The Labute approximate surface area is 91.4 Å². The van der Waals surface area contributed by atoms with Crippen LogP contribution in [0, 0.1) is 0 Å². The van der Waals surface area contributed by atoms with E-state index in [2.05, 4.69) is 12.2 Å². The lowest BCUT2D eigenvalue weighted by molar-refractivity contribution is -0.129. The van der Waals surface area contributed by atoms with Gasteiger partial charge >= 0.3 is 0 Å². The third-order valence-electron chi connectivity index (χ3n) is 2.21. The molecule has 0 aromatic heterocycles. The Hall–Kier alpha value is -0.900. The summed E-state index contributed by atoms with van der Waals surface area (Å²) in [4.78, 5) is 21.6. The van der Waals surface area contributed by atoms with E-state index >= 15 is 0 Å². The molecule has 0 saturated carbocycles. The molecule has 0 aliphatic carbocycles. The van der Waals surface area contributed by atoms with Crippen LogP contribution >= 0.6 is 0 Å². The maximum absolute atomic E-state index is 11.1. The van der Waals surface area contributed by atoms with Crippen LogP contribution in [0.3, 0.4) is 0 Å². The Morgan fingerprint density at radius 2 is 1.93 bits per heavy atom. The van der Waals surface area contributed by atoms with Crippen LogP contribution in [-0.4, -0.2) is 24.0 Å². The van der Waals surface area contributed by atoms with Gasteiger partial charge in [0.2, 0.25) is 11.8 Å². The number of amides is 2. The first-order valence-electron chi connectivity index (χ1n) is 5.32. The molecule has 2 amide bonds. The number of imide groups is 1. The van der Waals surface area contributed by atoms with Crippen molar-refractivity contribution in [3.05, 3.63) is 0 Å². The van der Waals surface area contributed by atoms with Gasteiger partial charge in [0.1, 0.15) is 0 Å². The van der Waals surface area contributed by atoms with Crippen LogP contribution in [0.25, 0.3) is 0 Å². The highest BCUT2D eigenvalue weighted by atomic mass is 16.5. The van der Waals surface area contributed by atoms with Crippen LogP contribution in [0.1, 0.15) is 47.0 Å². The fourth-order valence-corrected chi connectivity index (χ4v) is 0.942. The minimum absolute atomic E-state index is 0.128. The van der Waals surface area contributed by atoms with Gasteiger partial charge in [-0.05, 0) is 26.7 Å². The molecular formula is C11H21NO3. The number of hydrogen-bond donors (Lipinski definition) is 1. The first kappa shape index (κ1) is 14.1. The minimum atomic E-state index is -0.310.